The number of aromatic nitrogens is 4. The molecule has 0 fully saturated rings. The van der Waals surface area contributed by atoms with Gasteiger partial charge in [-0.05, 0) is 42.5 Å². The number of nitrogens with zero attached hydrogens (tertiary/aromatic N) is 4. The summed E-state index contributed by atoms with van der Waals surface area (Å²) in [6.07, 6.45) is -9.54. The van der Waals surface area contributed by atoms with Gasteiger partial charge in [0.15, 0.2) is 0 Å². The van der Waals surface area contributed by atoms with Crippen molar-refractivity contribution in [2.75, 3.05) is 0 Å². The van der Waals surface area contributed by atoms with E-state index in [2.05, 4.69) is 9.97 Å². The van der Waals surface area contributed by atoms with Crippen molar-refractivity contribution in [2.24, 2.45) is 0 Å². The molecule has 2 heterocycles. The minimum atomic E-state index is -4.77. The van der Waals surface area contributed by atoms with Gasteiger partial charge in [0, 0.05) is 11.4 Å². The van der Waals surface area contributed by atoms with Crippen LogP contribution in [0, 0.1) is 0 Å². The maximum atomic E-state index is 13.7. The third kappa shape index (κ3) is 3.19. The van der Waals surface area contributed by atoms with Gasteiger partial charge >= 0.3 is 12.4 Å². The van der Waals surface area contributed by atoms with E-state index in [0.717, 1.165) is 9.13 Å². The van der Waals surface area contributed by atoms with Crippen molar-refractivity contribution in [3.05, 3.63) is 84.4 Å². The maximum Gasteiger partial charge on any atom is 0.450 e. The van der Waals surface area contributed by atoms with Crippen LogP contribution in [-0.4, -0.2) is 19.1 Å². The second-order valence-corrected chi connectivity index (χ2v) is 7.03. The lowest BCUT2D eigenvalue weighted by atomic mass is 10.2. The molecule has 0 aliphatic rings. The number of halogens is 6. The predicted octanol–water partition coefficient (Wildman–Crippen LogP) is 6.40. The molecule has 0 saturated heterocycles. The van der Waals surface area contributed by atoms with Crippen LogP contribution in [0.5, 0.6) is 0 Å². The lowest BCUT2D eigenvalue weighted by molar-refractivity contribution is -0.146. The van der Waals surface area contributed by atoms with Crippen LogP contribution in [0.3, 0.4) is 0 Å². The van der Waals surface area contributed by atoms with Crippen LogP contribution in [0.15, 0.2) is 72.8 Å². The van der Waals surface area contributed by atoms with E-state index >= 15 is 0 Å². The van der Waals surface area contributed by atoms with E-state index in [1.54, 1.807) is 24.3 Å². The highest BCUT2D eigenvalue weighted by Gasteiger charge is 2.39. The summed E-state index contributed by atoms with van der Waals surface area (Å²) in [6.45, 7) is 0. The Kier molecular flexibility index (Phi) is 4.30. The molecule has 0 spiro atoms. The first-order chi connectivity index (χ1) is 15.1. The fraction of sp³-hybridized carbons (Fsp3) is 0.0909. The normalized spacial score (nSPS) is 12.7. The molecule has 0 saturated carbocycles. The smallest absolute Gasteiger partial charge is 0.289 e. The molecule has 0 amide bonds. The molecular weight excluding hydrogens is 434 g/mol. The molecule has 0 N–H and O–H groups in total. The van der Waals surface area contributed by atoms with Crippen molar-refractivity contribution in [1.29, 1.82) is 0 Å². The maximum absolute atomic E-state index is 13.7. The van der Waals surface area contributed by atoms with Crippen LogP contribution < -0.4 is 0 Å². The van der Waals surface area contributed by atoms with Gasteiger partial charge in [-0.3, -0.25) is 9.13 Å². The van der Waals surface area contributed by atoms with Crippen molar-refractivity contribution in [1.82, 2.24) is 19.1 Å². The minimum absolute atomic E-state index is 0.0226. The van der Waals surface area contributed by atoms with Crippen LogP contribution in [-0.2, 0) is 12.4 Å². The monoisotopic (exact) mass is 446 g/mol. The second kappa shape index (κ2) is 6.84. The molecule has 5 aromatic rings. The van der Waals surface area contributed by atoms with Crippen molar-refractivity contribution in [3.8, 4) is 11.4 Å². The van der Waals surface area contributed by atoms with Crippen LogP contribution in [0.1, 0.15) is 11.6 Å². The molecular formula is C22H12F6N4. The highest BCUT2D eigenvalue weighted by atomic mass is 19.4. The summed E-state index contributed by atoms with van der Waals surface area (Å²) in [6, 6.07) is 17.5. The number of imidazole rings is 2. The largest absolute Gasteiger partial charge is 0.450 e. The summed E-state index contributed by atoms with van der Waals surface area (Å²) < 4.78 is 84.2. The number of hydrogen-bond donors (Lipinski definition) is 0. The Labute approximate surface area is 176 Å². The fourth-order valence-corrected chi connectivity index (χ4v) is 3.73. The lowest BCUT2D eigenvalue weighted by Crippen LogP contribution is -2.15. The van der Waals surface area contributed by atoms with Gasteiger partial charge < -0.3 is 0 Å². The van der Waals surface area contributed by atoms with E-state index in [4.69, 9.17) is 0 Å². The first-order valence-electron chi connectivity index (χ1n) is 9.35. The Bertz CT molecular complexity index is 1350. The van der Waals surface area contributed by atoms with Gasteiger partial charge in [0.25, 0.3) is 0 Å². The molecule has 0 unspecified atom stereocenters. The van der Waals surface area contributed by atoms with Crippen LogP contribution in [0.4, 0.5) is 26.3 Å². The summed E-state index contributed by atoms with van der Waals surface area (Å²) in [4.78, 5) is 7.40. The zero-order chi connectivity index (χ0) is 22.7. The Hall–Kier alpha value is -3.82. The number of rotatable bonds is 2. The second-order valence-electron chi connectivity index (χ2n) is 7.03. The van der Waals surface area contributed by atoms with E-state index in [1.807, 2.05) is 0 Å². The molecule has 4 nitrogen and oxygen atoms in total. The molecule has 0 bridgehead atoms. The quantitative estimate of drug-likeness (QED) is 0.294. The third-order valence-electron chi connectivity index (χ3n) is 4.97. The minimum Gasteiger partial charge on any atom is -0.289 e. The number of benzene rings is 3. The van der Waals surface area contributed by atoms with Crippen LogP contribution in [0.2, 0.25) is 0 Å². The lowest BCUT2D eigenvalue weighted by Gasteiger charge is -2.15. The average Bonchev–Trinajstić information content (AvgIpc) is 3.33. The van der Waals surface area contributed by atoms with E-state index < -0.39 is 24.0 Å². The number of alkyl halides is 6. The molecule has 0 aliphatic heterocycles. The molecule has 2 aromatic heterocycles. The molecule has 3 aromatic carbocycles. The van der Waals surface area contributed by atoms with Gasteiger partial charge in [0.05, 0.1) is 22.1 Å². The fourth-order valence-electron chi connectivity index (χ4n) is 3.73. The van der Waals surface area contributed by atoms with Crippen LogP contribution >= 0.6 is 0 Å². The zero-order valence-corrected chi connectivity index (χ0v) is 16.0. The molecule has 10 heteroatoms. The molecule has 0 radical (unpaired) electrons. The molecule has 162 valence electrons. The first-order valence-corrected chi connectivity index (χ1v) is 9.35. The molecule has 5 rings (SSSR count). The van der Waals surface area contributed by atoms with Gasteiger partial charge in [-0.2, -0.15) is 26.3 Å². The van der Waals surface area contributed by atoms with Gasteiger partial charge in [0.2, 0.25) is 11.6 Å². The molecule has 32 heavy (non-hydrogen) atoms. The topological polar surface area (TPSA) is 35.6 Å². The first kappa shape index (κ1) is 20.1. The highest BCUT2D eigenvalue weighted by Crippen LogP contribution is 2.36. The third-order valence-corrected chi connectivity index (χ3v) is 4.97. The summed E-state index contributed by atoms with van der Waals surface area (Å²) in [7, 11) is 0. The number of para-hydroxylation sites is 4. The van der Waals surface area contributed by atoms with Gasteiger partial charge in [-0.25, -0.2) is 9.97 Å². The van der Waals surface area contributed by atoms with Gasteiger partial charge in [-0.15, -0.1) is 0 Å². The van der Waals surface area contributed by atoms with Crippen LogP contribution in [0.25, 0.3) is 33.4 Å². The average molecular weight is 446 g/mol. The molecule has 0 aliphatic carbocycles. The Morgan fingerprint density at radius 1 is 0.531 bits per heavy atom. The summed E-state index contributed by atoms with van der Waals surface area (Å²) in [5, 5.41) is 0. The van der Waals surface area contributed by atoms with E-state index in [1.165, 1.54) is 48.5 Å². The van der Waals surface area contributed by atoms with Crippen molar-refractivity contribution >= 4 is 22.1 Å². The van der Waals surface area contributed by atoms with E-state index in [0.29, 0.717) is 0 Å². The van der Waals surface area contributed by atoms with Crippen molar-refractivity contribution in [3.63, 3.8) is 0 Å². The SMILES string of the molecule is FC(F)(F)c1nc2ccccc2n1-c1cccc(-n2c(C(F)(F)F)nc3ccccc32)c1. The Balaban J connectivity index is 1.79. The number of fused-ring (bicyclic) bond motifs is 2. The standard InChI is InChI=1S/C22H12F6N4/c23-21(24,25)19-29-15-8-1-3-10-17(15)31(19)13-6-5-7-14(12-13)32-18-11-4-2-9-16(18)30-20(32)22(26,27)28/h1-12H. The Morgan fingerprint density at radius 3 is 1.34 bits per heavy atom. The van der Waals surface area contributed by atoms with Gasteiger partial charge in [-0.1, -0.05) is 30.3 Å². The van der Waals surface area contributed by atoms with Gasteiger partial charge in [0.1, 0.15) is 0 Å². The van der Waals surface area contributed by atoms with Crippen molar-refractivity contribution < 1.29 is 26.3 Å². The summed E-state index contributed by atoms with van der Waals surface area (Å²) in [5.41, 5.74) is 0.652. The van der Waals surface area contributed by atoms with Crippen molar-refractivity contribution in [2.45, 2.75) is 12.4 Å². The summed E-state index contributed by atoms with van der Waals surface area (Å²) in [5.74, 6) is -2.33. The highest BCUT2D eigenvalue weighted by molar-refractivity contribution is 5.80. The zero-order valence-electron chi connectivity index (χ0n) is 16.0. The van der Waals surface area contributed by atoms with E-state index in [-0.39, 0.29) is 33.4 Å². The molecule has 0 atom stereocenters. The number of hydrogen-bond acceptors (Lipinski definition) is 2. The summed E-state index contributed by atoms with van der Waals surface area (Å²) >= 11 is 0. The Morgan fingerprint density at radius 2 is 0.938 bits per heavy atom. The van der Waals surface area contributed by atoms with E-state index in [9.17, 15) is 26.3 Å². The predicted molar refractivity (Wildman–Crippen MR) is 106 cm³/mol.